The van der Waals surface area contributed by atoms with Gasteiger partial charge in [-0.2, -0.15) is 4.31 Å². The summed E-state index contributed by atoms with van der Waals surface area (Å²) in [5, 5.41) is 8.45. The normalized spacial score (nSPS) is 19.7. The lowest BCUT2D eigenvalue weighted by Crippen LogP contribution is -2.45. The summed E-state index contributed by atoms with van der Waals surface area (Å²) in [5.74, 6) is -1.09. The second kappa shape index (κ2) is 5.82. The average Bonchev–Trinajstić information content (AvgIpc) is 2.78. The second-order valence-electron chi connectivity index (χ2n) is 4.65. The van der Waals surface area contributed by atoms with E-state index in [-0.39, 0.29) is 11.3 Å². The van der Waals surface area contributed by atoms with Gasteiger partial charge in [0.2, 0.25) is 10.0 Å². The van der Waals surface area contributed by atoms with Crippen LogP contribution in [0.15, 0.2) is 0 Å². The predicted octanol–water partition coefficient (Wildman–Crippen LogP) is 1.44. The molecule has 0 radical (unpaired) electrons. The van der Waals surface area contributed by atoms with Gasteiger partial charge in [0.1, 0.15) is 6.54 Å². The third-order valence-electron chi connectivity index (χ3n) is 3.42. The molecule has 0 aromatic heterocycles. The van der Waals surface area contributed by atoms with Crippen LogP contribution in [-0.2, 0) is 14.8 Å². The highest BCUT2D eigenvalue weighted by atomic mass is 32.2. The number of carboxylic acids is 1. The van der Waals surface area contributed by atoms with Gasteiger partial charge in [0, 0.05) is 6.04 Å². The van der Waals surface area contributed by atoms with Crippen LogP contribution in [0.3, 0.4) is 0 Å². The summed E-state index contributed by atoms with van der Waals surface area (Å²) in [6.07, 6.45) is 3.79. The molecule has 0 aliphatic heterocycles. The van der Waals surface area contributed by atoms with E-state index in [2.05, 4.69) is 0 Å². The maximum absolute atomic E-state index is 12.3. The largest absolute Gasteiger partial charge is 0.480 e. The van der Waals surface area contributed by atoms with Crippen molar-refractivity contribution in [3.05, 3.63) is 0 Å². The summed E-state index contributed by atoms with van der Waals surface area (Å²) >= 11 is 0. The van der Waals surface area contributed by atoms with Gasteiger partial charge in [-0.25, -0.2) is 8.42 Å². The van der Waals surface area contributed by atoms with Crippen LogP contribution >= 0.6 is 0 Å². The van der Waals surface area contributed by atoms with E-state index in [1.165, 1.54) is 0 Å². The van der Waals surface area contributed by atoms with Gasteiger partial charge in [-0.3, -0.25) is 4.79 Å². The molecule has 0 heterocycles. The molecule has 100 valence electrons. The average molecular weight is 263 g/mol. The first-order valence-corrected chi connectivity index (χ1v) is 7.62. The third-order valence-corrected chi connectivity index (χ3v) is 5.88. The molecule has 0 amide bonds. The fourth-order valence-electron chi connectivity index (χ4n) is 2.21. The Balaban J connectivity index is 2.90. The highest BCUT2D eigenvalue weighted by Crippen LogP contribution is 2.28. The molecule has 1 rings (SSSR count). The van der Waals surface area contributed by atoms with Crippen LogP contribution in [0.5, 0.6) is 0 Å². The Bertz CT molecular complexity index is 360. The van der Waals surface area contributed by atoms with Gasteiger partial charge < -0.3 is 5.11 Å². The van der Waals surface area contributed by atoms with Crippen LogP contribution < -0.4 is 0 Å². The lowest BCUT2D eigenvalue weighted by Gasteiger charge is -2.28. The molecule has 0 aromatic rings. The van der Waals surface area contributed by atoms with E-state index < -0.39 is 22.5 Å². The number of hydrogen-bond acceptors (Lipinski definition) is 3. The number of hydrogen-bond donors (Lipinski definition) is 1. The topological polar surface area (TPSA) is 74.7 Å². The minimum absolute atomic E-state index is 0.253. The summed E-state index contributed by atoms with van der Waals surface area (Å²) in [5.41, 5.74) is 0. The Morgan fingerprint density at radius 2 is 1.94 bits per heavy atom. The molecule has 1 N–H and O–H groups in total. The Hall–Kier alpha value is -0.620. The Kier molecular flexibility index (Phi) is 4.94. The van der Waals surface area contributed by atoms with Gasteiger partial charge in [0.25, 0.3) is 0 Å². The van der Waals surface area contributed by atoms with Crippen molar-refractivity contribution in [1.82, 2.24) is 4.31 Å². The van der Waals surface area contributed by atoms with E-state index in [0.717, 1.165) is 17.1 Å². The van der Waals surface area contributed by atoms with Crippen LogP contribution in [0, 0.1) is 0 Å². The number of carboxylic acid groups (broad SMARTS) is 1. The van der Waals surface area contributed by atoms with E-state index >= 15 is 0 Å². The van der Waals surface area contributed by atoms with Crippen molar-refractivity contribution in [2.24, 2.45) is 0 Å². The van der Waals surface area contributed by atoms with E-state index in [1.54, 1.807) is 6.92 Å². The summed E-state index contributed by atoms with van der Waals surface area (Å²) in [6, 6.07) is -0.253. The van der Waals surface area contributed by atoms with Crippen molar-refractivity contribution in [3.63, 3.8) is 0 Å². The molecule has 0 aromatic carbocycles. The number of sulfonamides is 1. The van der Waals surface area contributed by atoms with E-state index in [9.17, 15) is 13.2 Å². The number of nitrogens with zero attached hydrogens (tertiary/aromatic N) is 1. The van der Waals surface area contributed by atoms with Crippen molar-refractivity contribution in [3.8, 4) is 0 Å². The number of rotatable bonds is 6. The Morgan fingerprint density at radius 1 is 1.41 bits per heavy atom. The second-order valence-corrected chi connectivity index (χ2v) is 6.81. The van der Waals surface area contributed by atoms with Crippen molar-refractivity contribution < 1.29 is 18.3 Å². The smallest absolute Gasteiger partial charge is 0.318 e. The molecular formula is C11H21NO4S. The summed E-state index contributed by atoms with van der Waals surface area (Å²) in [7, 11) is -3.45. The molecule has 1 aliphatic carbocycles. The summed E-state index contributed by atoms with van der Waals surface area (Å²) in [6.45, 7) is 3.20. The zero-order chi connectivity index (χ0) is 13.1. The molecule has 0 bridgehead atoms. The Morgan fingerprint density at radius 3 is 2.35 bits per heavy atom. The molecule has 6 heteroatoms. The molecule has 1 saturated carbocycles. The molecular weight excluding hydrogens is 242 g/mol. The highest BCUT2D eigenvalue weighted by Gasteiger charge is 2.37. The van der Waals surface area contributed by atoms with E-state index in [1.807, 2.05) is 6.92 Å². The predicted molar refractivity (Wildman–Crippen MR) is 65.3 cm³/mol. The van der Waals surface area contributed by atoms with E-state index in [0.29, 0.717) is 19.3 Å². The van der Waals surface area contributed by atoms with Crippen LogP contribution in [0.25, 0.3) is 0 Å². The van der Waals surface area contributed by atoms with Gasteiger partial charge in [-0.1, -0.05) is 19.8 Å². The zero-order valence-electron chi connectivity index (χ0n) is 10.4. The molecule has 0 saturated heterocycles. The van der Waals surface area contributed by atoms with Gasteiger partial charge >= 0.3 is 5.97 Å². The Labute approximate surface area is 103 Å². The minimum atomic E-state index is -3.45. The first-order chi connectivity index (χ1) is 7.89. The SMILES string of the molecule is CCC(C)N(CC(=O)O)S(=O)(=O)C1CCCC1. The van der Waals surface area contributed by atoms with Gasteiger partial charge in [-0.05, 0) is 26.2 Å². The first-order valence-electron chi connectivity index (χ1n) is 6.12. The molecule has 1 atom stereocenters. The zero-order valence-corrected chi connectivity index (χ0v) is 11.2. The van der Waals surface area contributed by atoms with E-state index in [4.69, 9.17) is 5.11 Å². The van der Waals surface area contributed by atoms with Crippen LogP contribution in [0.2, 0.25) is 0 Å². The quantitative estimate of drug-likeness (QED) is 0.787. The maximum Gasteiger partial charge on any atom is 0.318 e. The monoisotopic (exact) mass is 263 g/mol. The summed E-state index contributed by atoms with van der Waals surface area (Å²) in [4.78, 5) is 10.8. The molecule has 1 aliphatic rings. The van der Waals surface area contributed by atoms with Gasteiger partial charge in [0.15, 0.2) is 0 Å². The highest BCUT2D eigenvalue weighted by molar-refractivity contribution is 7.89. The van der Waals surface area contributed by atoms with Crippen LogP contribution in [0.4, 0.5) is 0 Å². The maximum atomic E-state index is 12.3. The number of carbonyl (C=O) groups is 1. The number of aliphatic carboxylic acids is 1. The first kappa shape index (κ1) is 14.4. The summed E-state index contributed by atoms with van der Waals surface area (Å²) < 4.78 is 25.8. The van der Waals surface area contributed by atoms with Crippen molar-refractivity contribution in [2.45, 2.75) is 57.2 Å². The van der Waals surface area contributed by atoms with Crippen LogP contribution in [-0.4, -0.2) is 41.6 Å². The van der Waals surface area contributed by atoms with Crippen LogP contribution in [0.1, 0.15) is 46.0 Å². The van der Waals surface area contributed by atoms with Crippen molar-refractivity contribution in [1.29, 1.82) is 0 Å². The molecule has 0 spiro atoms. The standard InChI is InChI=1S/C11H21NO4S/c1-3-9(2)12(8-11(13)14)17(15,16)10-6-4-5-7-10/h9-10H,3-8H2,1-2H3,(H,13,14). The lowest BCUT2D eigenvalue weighted by atomic mass is 10.2. The van der Waals surface area contributed by atoms with Crippen molar-refractivity contribution >= 4 is 16.0 Å². The fraction of sp³-hybridized carbons (Fsp3) is 0.909. The lowest BCUT2D eigenvalue weighted by molar-refractivity contribution is -0.137. The van der Waals surface area contributed by atoms with Crippen molar-refractivity contribution in [2.75, 3.05) is 6.54 Å². The fourth-order valence-corrected chi connectivity index (χ4v) is 4.46. The minimum Gasteiger partial charge on any atom is -0.480 e. The van der Waals surface area contributed by atoms with Gasteiger partial charge in [0.05, 0.1) is 5.25 Å². The van der Waals surface area contributed by atoms with Gasteiger partial charge in [-0.15, -0.1) is 0 Å². The third kappa shape index (κ3) is 3.42. The molecule has 1 fully saturated rings. The molecule has 1 unspecified atom stereocenters. The molecule has 5 nitrogen and oxygen atoms in total. The molecule has 17 heavy (non-hydrogen) atoms.